The summed E-state index contributed by atoms with van der Waals surface area (Å²) in [7, 11) is 0. The van der Waals surface area contributed by atoms with Crippen molar-refractivity contribution in [3.05, 3.63) is 65.7 Å². The Morgan fingerprint density at radius 3 is 2.42 bits per heavy atom. The maximum atomic E-state index is 13.4. The molecule has 0 saturated carbocycles. The van der Waals surface area contributed by atoms with Crippen molar-refractivity contribution in [1.29, 1.82) is 0 Å². The number of hydrogen-bond acceptors (Lipinski definition) is 6. The summed E-state index contributed by atoms with van der Waals surface area (Å²) in [5.74, 6) is -0.0193. The summed E-state index contributed by atoms with van der Waals surface area (Å²) in [4.78, 5) is 40.3. The number of amides is 3. The Bertz CT molecular complexity index is 1040. The highest BCUT2D eigenvalue weighted by Crippen LogP contribution is 2.24. The molecule has 3 rings (SSSR count). The Morgan fingerprint density at radius 2 is 1.78 bits per heavy atom. The van der Waals surface area contributed by atoms with E-state index in [0.29, 0.717) is 17.4 Å². The van der Waals surface area contributed by atoms with Gasteiger partial charge < -0.3 is 25.4 Å². The normalized spacial score (nSPS) is 17.2. The van der Waals surface area contributed by atoms with E-state index in [1.54, 1.807) is 12.1 Å². The van der Waals surface area contributed by atoms with E-state index in [4.69, 9.17) is 4.74 Å². The number of benzene rings is 2. The first-order chi connectivity index (χ1) is 17.0. The molecule has 3 atom stereocenters. The van der Waals surface area contributed by atoms with Crippen molar-refractivity contribution in [3.63, 3.8) is 0 Å². The number of aliphatic hydroxyl groups is 1. The van der Waals surface area contributed by atoms with Gasteiger partial charge in [-0.15, -0.1) is 11.8 Å². The third-order valence-electron chi connectivity index (χ3n) is 5.64. The predicted octanol–water partition coefficient (Wildman–Crippen LogP) is 2.28. The molecule has 0 spiro atoms. The Balaban J connectivity index is 1.70. The van der Waals surface area contributed by atoms with Crippen LogP contribution in [0.2, 0.25) is 0 Å². The van der Waals surface area contributed by atoms with Gasteiger partial charge >= 0.3 is 0 Å². The maximum absolute atomic E-state index is 13.4. The zero-order chi connectivity index (χ0) is 26.3. The molecule has 2 aromatic carbocycles. The number of nitrogens with one attached hydrogen (secondary N) is 2. The average Bonchev–Trinajstić information content (AvgIpc) is 3.32. The van der Waals surface area contributed by atoms with E-state index < -0.39 is 35.5 Å². The predicted molar refractivity (Wildman–Crippen MR) is 141 cm³/mol. The van der Waals surface area contributed by atoms with Crippen LogP contribution in [-0.2, 0) is 20.8 Å². The molecule has 3 amide bonds. The molecule has 36 heavy (non-hydrogen) atoms. The lowest BCUT2D eigenvalue weighted by atomic mass is 9.99. The van der Waals surface area contributed by atoms with E-state index in [1.807, 2.05) is 70.2 Å². The molecular formula is C27H35N3O5S. The number of carbonyl (C=O) groups is 3. The number of nitrogens with zero attached hydrogens (tertiary/aromatic N) is 1. The van der Waals surface area contributed by atoms with Crippen LogP contribution in [0, 0.1) is 6.92 Å². The zero-order valence-electron chi connectivity index (χ0n) is 21.2. The molecule has 1 saturated heterocycles. The van der Waals surface area contributed by atoms with Crippen LogP contribution in [0.1, 0.15) is 31.9 Å². The van der Waals surface area contributed by atoms with Crippen molar-refractivity contribution >= 4 is 29.5 Å². The highest BCUT2D eigenvalue weighted by molar-refractivity contribution is 7.99. The van der Waals surface area contributed by atoms with E-state index in [1.165, 1.54) is 16.7 Å². The molecule has 0 bridgehead atoms. The summed E-state index contributed by atoms with van der Waals surface area (Å²) in [5.41, 5.74) is 1.48. The smallest absolute Gasteiger partial charge is 0.258 e. The number of aliphatic hydroxyl groups excluding tert-OH is 1. The Labute approximate surface area is 216 Å². The van der Waals surface area contributed by atoms with Crippen LogP contribution in [0.3, 0.4) is 0 Å². The second kappa shape index (κ2) is 12.3. The molecule has 2 aromatic rings. The minimum atomic E-state index is -1.53. The average molecular weight is 514 g/mol. The molecule has 9 heteroatoms. The van der Waals surface area contributed by atoms with Crippen molar-refractivity contribution in [2.45, 2.75) is 57.8 Å². The topological polar surface area (TPSA) is 108 Å². The summed E-state index contributed by atoms with van der Waals surface area (Å²) in [5, 5.41) is 16.8. The van der Waals surface area contributed by atoms with E-state index >= 15 is 0 Å². The number of aryl methyl sites for hydroxylation is 1. The monoisotopic (exact) mass is 513 g/mol. The van der Waals surface area contributed by atoms with E-state index in [0.717, 1.165) is 11.1 Å². The van der Waals surface area contributed by atoms with Gasteiger partial charge in [0.15, 0.2) is 12.7 Å². The van der Waals surface area contributed by atoms with Crippen LogP contribution >= 0.6 is 11.8 Å². The molecule has 8 nitrogen and oxygen atoms in total. The summed E-state index contributed by atoms with van der Waals surface area (Å²) in [6, 6.07) is 15.0. The molecule has 1 heterocycles. The molecule has 0 aromatic heterocycles. The van der Waals surface area contributed by atoms with Crippen molar-refractivity contribution in [3.8, 4) is 5.75 Å². The largest absolute Gasteiger partial charge is 0.484 e. The summed E-state index contributed by atoms with van der Waals surface area (Å²) in [6.07, 6.45) is -1.29. The molecule has 1 aliphatic rings. The van der Waals surface area contributed by atoms with Gasteiger partial charge in [-0.2, -0.15) is 0 Å². The summed E-state index contributed by atoms with van der Waals surface area (Å²) in [6.45, 7) is 7.32. The van der Waals surface area contributed by atoms with E-state index in [-0.39, 0.29) is 18.9 Å². The van der Waals surface area contributed by atoms with Crippen LogP contribution in [-0.4, -0.2) is 69.7 Å². The Kier molecular flexibility index (Phi) is 9.39. The van der Waals surface area contributed by atoms with Crippen LogP contribution in [0.5, 0.6) is 5.75 Å². The zero-order valence-corrected chi connectivity index (χ0v) is 22.0. The molecule has 1 aliphatic heterocycles. The highest BCUT2D eigenvalue weighted by atomic mass is 32.2. The van der Waals surface area contributed by atoms with Crippen LogP contribution in [0.4, 0.5) is 0 Å². The molecule has 0 unspecified atom stereocenters. The first-order valence-corrected chi connectivity index (χ1v) is 13.1. The SMILES string of the molecule is Cc1ccc(OCC(=O)N[C@@H](Cc2ccccc2)[C@H](O)C(=O)N2CSC[C@H]2C(=O)NC(C)(C)C)cc1. The molecule has 1 fully saturated rings. The Hall–Kier alpha value is -3.04. The van der Waals surface area contributed by atoms with E-state index in [9.17, 15) is 19.5 Å². The summed E-state index contributed by atoms with van der Waals surface area (Å²) >= 11 is 1.45. The Morgan fingerprint density at radius 1 is 1.11 bits per heavy atom. The molecule has 0 aliphatic carbocycles. The molecule has 3 N–H and O–H groups in total. The number of rotatable bonds is 9. The fourth-order valence-corrected chi connectivity index (χ4v) is 4.98. The minimum Gasteiger partial charge on any atom is -0.484 e. The van der Waals surface area contributed by atoms with Gasteiger partial charge in [0.25, 0.3) is 11.8 Å². The van der Waals surface area contributed by atoms with Gasteiger partial charge in [0, 0.05) is 11.3 Å². The number of thioether (sulfide) groups is 1. The lowest BCUT2D eigenvalue weighted by Gasteiger charge is -2.31. The second-order valence-corrected chi connectivity index (χ2v) is 11.0. The molecular weight excluding hydrogens is 478 g/mol. The quantitative estimate of drug-likeness (QED) is 0.475. The van der Waals surface area contributed by atoms with Gasteiger partial charge in [-0.1, -0.05) is 48.0 Å². The van der Waals surface area contributed by atoms with Gasteiger partial charge in [0.05, 0.1) is 11.9 Å². The lowest BCUT2D eigenvalue weighted by Crippen LogP contribution is -2.58. The van der Waals surface area contributed by atoms with Gasteiger partial charge in [0.2, 0.25) is 5.91 Å². The van der Waals surface area contributed by atoms with E-state index in [2.05, 4.69) is 10.6 Å². The standard InChI is InChI=1S/C27H35N3O5S/c1-18-10-12-20(13-11-18)35-15-23(31)28-21(14-19-8-6-5-7-9-19)24(32)26(34)30-17-36-16-22(30)25(33)29-27(2,3)4/h5-13,21-22,24,32H,14-17H2,1-4H3,(H,28,31)(H,29,33)/t21-,22-,24-/m0/s1. The minimum absolute atomic E-state index is 0.240. The van der Waals surface area contributed by atoms with Crippen molar-refractivity contribution < 1.29 is 24.2 Å². The van der Waals surface area contributed by atoms with Crippen LogP contribution < -0.4 is 15.4 Å². The maximum Gasteiger partial charge on any atom is 0.258 e. The summed E-state index contributed by atoms with van der Waals surface area (Å²) < 4.78 is 5.56. The van der Waals surface area contributed by atoms with Gasteiger partial charge in [-0.05, 0) is 51.8 Å². The fourth-order valence-electron chi connectivity index (χ4n) is 3.81. The third-order valence-corrected chi connectivity index (χ3v) is 6.65. The highest BCUT2D eigenvalue weighted by Gasteiger charge is 2.40. The van der Waals surface area contributed by atoms with Crippen LogP contribution in [0.25, 0.3) is 0 Å². The third kappa shape index (κ3) is 7.99. The van der Waals surface area contributed by atoms with Gasteiger partial charge in [-0.3, -0.25) is 14.4 Å². The molecule has 194 valence electrons. The van der Waals surface area contributed by atoms with Gasteiger partial charge in [0.1, 0.15) is 11.8 Å². The number of ether oxygens (including phenoxy) is 1. The first-order valence-electron chi connectivity index (χ1n) is 11.9. The fraction of sp³-hybridized carbons (Fsp3) is 0.444. The number of hydrogen-bond donors (Lipinski definition) is 3. The number of carbonyl (C=O) groups excluding carboxylic acids is 3. The lowest BCUT2D eigenvalue weighted by molar-refractivity contribution is -0.147. The molecule has 0 radical (unpaired) electrons. The van der Waals surface area contributed by atoms with Crippen molar-refractivity contribution in [1.82, 2.24) is 15.5 Å². The van der Waals surface area contributed by atoms with Crippen molar-refractivity contribution in [2.24, 2.45) is 0 Å². The van der Waals surface area contributed by atoms with Crippen molar-refractivity contribution in [2.75, 3.05) is 18.2 Å². The first kappa shape index (κ1) is 27.5. The van der Waals surface area contributed by atoms with Crippen LogP contribution in [0.15, 0.2) is 54.6 Å². The van der Waals surface area contributed by atoms with Gasteiger partial charge in [-0.25, -0.2) is 0 Å². The second-order valence-electron chi connectivity index (χ2n) is 9.97.